The number of carbonyl (C=O) groups excluding carboxylic acids is 1. The van der Waals surface area contributed by atoms with Crippen LogP contribution in [0, 0.1) is 12.7 Å². The van der Waals surface area contributed by atoms with Gasteiger partial charge in [0.05, 0.1) is 6.42 Å². The van der Waals surface area contributed by atoms with E-state index in [2.05, 4.69) is 10.3 Å². The molecule has 1 aliphatic rings. The average Bonchev–Trinajstić information content (AvgIpc) is 2.99. The molecule has 1 aliphatic carbocycles. The first-order chi connectivity index (χ1) is 15.3. The van der Waals surface area contributed by atoms with Crippen molar-refractivity contribution in [3.63, 3.8) is 0 Å². The van der Waals surface area contributed by atoms with Gasteiger partial charge in [0, 0.05) is 27.6 Å². The Hall–Kier alpha value is -3.38. The van der Waals surface area contributed by atoms with Crippen molar-refractivity contribution in [2.45, 2.75) is 25.2 Å². The molecule has 0 saturated carbocycles. The monoisotopic (exact) mass is 446 g/mol. The number of nitrogens with zero attached hydrogens (tertiary/aromatic N) is 1. The molecule has 1 atom stereocenters. The molecule has 4 rings (SSSR count). The molecule has 1 aromatic heterocycles. The topological polar surface area (TPSA) is 59.1 Å². The normalized spacial score (nSPS) is 15.1. The van der Waals surface area contributed by atoms with Crippen LogP contribution in [0.15, 0.2) is 71.1 Å². The Morgan fingerprint density at radius 2 is 1.81 bits per heavy atom. The highest BCUT2D eigenvalue weighted by atomic mass is 32.2. The summed E-state index contributed by atoms with van der Waals surface area (Å²) < 4.78 is 25.7. The number of hydrogen-bond donors (Lipinski definition) is 1. The van der Waals surface area contributed by atoms with E-state index in [0.29, 0.717) is 5.82 Å². The van der Waals surface area contributed by atoms with Gasteiger partial charge in [0.1, 0.15) is 11.6 Å². The van der Waals surface area contributed by atoms with E-state index in [-0.39, 0.29) is 18.1 Å². The Morgan fingerprint density at radius 3 is 2.50 bits per heavy atom. The molecule has 1 N–H and O–H groups in total. The molecule has 1 unspecified atom stereocenters. The number of allylic oxidation sites excluding steroid dienone is 2. The summed E-state index contributed by atoms with van der Waals surface area (Å²) in [6, 6.07) is 17.6. The molecule has 4 nitrogen and oxygen atoms in total. The number of benzene rings is 2. The number of halogens is 1. The van der Waals surface area contributed by atoms with Crippen molar-refractivity contribution < 1.29 is 13.4 Å². The summed E-state index contributed by atoms with van der Waals surface area (Å²) in [5, 5.41) is 2.83. The Bertz CT molecular complexity index is 1290. The van der Waals surface area contributed by atoms with Crippen LogP contribution in [-0.4, -0.2) is 21.4 Å². The van der Waals surface area contributed by atoms with E-state index in [9.17, 15) is 13.4 Å². The first-order valence-corrected chi connectivity index (χ1v) is 11.8. The Morgan fingerprint density at radius 1 is 1.06 bits per heavy atom. The number of rotatable bonds is 5. The number of carbonyl (C=O) groups is 1. The van der Waals surface area contributed by atoms with Gasteiger partial charge >= 0.3 is 0 Å². The largest absolute Gasteiger partial charge is 0.310 e. The van der Waals surface area contributed by atoms with Gasteiger partial charge in [0.2, 0.25) is 5.91 Å². The Balaban J connectivity index is 1.68. The van der Waals surface area contributed by atoms with Crippen molar-refractivity contribution in [3.8, 4) is 0 Å². The molecule has 0 aliphatic heterocycles. The molecular formula is C26H23FN2O2S. The fourth-order valence-corrected chi connectivity index (χ4v) is 4.38. The summed E-state index contributed by atoms with van der Waals surface area (Å²) in [5.41, 5.74) is 6.05. The second kappa shape index (κ2) is 9.01. The number of pyridine rings is 1. The average molecular weight is 447 g/mol. The SMILES string of the molecule is CC1=C(CC(=O)Nc2cccc(C)n2)c2cc(F)ccc2/C1=C/c1ccc(S(C)=O)cc1. The number of aryl methyl sites for hydroxylation is 1. The van der Waals surface area contributed by atoms with Gasteiger partial charge in [-0.1, -0.05) is 24.3 Å². The number of aromatic nitrogens is 1. The highest BCUT2D eigenvalue weighted by Crippen LogP contribution is 2.44. The Labute approximate surface area is 189 Å². The standard InChI is InChI=1S/C26H23FN2O2S/c1-16-5-4-6-25(28-16)29-26(30)15-23-17(2)22(21-12-9-19(27)14-24(21)23)13-18-7-10-20(11-8-18)32(3)31/h4-14H,15H2,1-3H3,(H,28,29,30)/b22-13+. The van der Waals surface area contributed by atoms with E-state index in [4.69, 9.17) is 0 Å². The van der Waals surface area contributed by atoms with Crippen LogP contribution >= 0.6 is 0 Å². The third-order valence-corrected chi connectivity index (χ3v) is 6.41. The summed E-state index contributed by atoms with van der Waals surface area (Å²) >= 11 is 0. The smallest absolute Gasteiger partial charge is 0.229 e. The lowest BCUT2D eigenvalue weighted by Gasteiger charge is -2.08. The van der Waals surface area contributed by atoms with Crippen molar-refractivity contribution >= 4 is 39.7 Å². The summed E-state index contributed by atoms with van der Waals surface area (Å²) in [6.45, 7) is 3.81. The molecular weight excluding hydrogens is 423 g/mol. The number of fused-ring (bicyclic) bond motifs is 1. The molecule has 0 spiro atoms. The van der Waals surface area contributed by atoms with Gasteiger partial charge in [-0.15, -0.1) is 0 Å². The zero-order valence-corrected chi connectivity index (χ0v) is 18.9. The maximum Gasteiger partial charge on any atom is 0.229 e. The van der Waals surface area contributed by atoms with E-state index in [1.165, 1.54) is 12.1 Å². The summed E-state index contributed by atoms with van der Waals surface area (Å²) in [7, 11) is -1.04. The summed E-state index contributed by atoms with van der Waals surface area (Å²) in [5.74, 6) is -0.0515. The van der Waals surface area contributed by atoms with Crippen molar-refractivity contribution in [1.82, 2.24) is 4.98 Å². The van der Waals surface area contributed by atoms with Crippen LogP contribution in [0.4, 0.5) is 10.2 Å². The predicted octanol–water partition coefficient (Wildman–Crippen LogP) is 5.62. The van der Waals surface area contributed by atoms with Crippen LogP contribution < -0.4 is 5.32 Å². The second-order valence-electron chi connectivity index (χ2n) is 7.76. The van der Waals surface area contributed by atoms with Crippen molar-refractivity contribution in [2.24, 2.45) is 0 Å². The zero-order valence-electron chi connectivity index (χ0n) is 18.1. The van der Waals surface area contributed by atoms with Crippen molar-refractivity contribution in [3.05, 3.63) is 94.4 Å². The minimum Gasteiger partial charge on any atom is -0.310 e. The van der Waals surface area contributed by atoms with Gasteiger partial charge < -0.3 is 5.32 Å². The first kappa shape index (κ1) is 21.8. The summed E-state index contributed by atoms with van der Waals surface area (Å²) in [4.78, 5) is 17.8. The van der Waals surface area contributed by atoms with E-state index in [0.717, 1.165) is 44.0 Å². The van der Waals surface area contributed by atoms with E-state index in [1.54, 1.807) is 18.4 Å². The van der Waals surface area contributed by atoms with Crippen LogP contribution in [-0.2, 0) is 15.6 Å². The second-order valence-corrected chi connectivity index (χ2v) is 9.14. The fraction of sp³-hybridized carbons (Fsp3) is 0.154. The number of hydrogen-bond acceptors (Lipinski definition) is 3. The van der Waals surface area contributed by atoms with E-state index in [1.807, 2.05) is 56.3 Å². The minimum absolute atomic E-state index is 0.114. The maximum absolute atomic E-state index is 14.1. The lowest BCUT2D eigenvalue weighted by Crippen LogP contribution is -2.13. The van der Waals surface area contributed by atoms with Crippen LogP contribution in [0.5, 0.6) is 0 Å². The van der Waals surface area contributed by atoms with Gasteiger partial charge in [0.25, 0.3) is 0 Å². The van der Waals surface area contributed by atoms with Gasteiger partial charge in [0.15, 0.2) is 0 Å². The lowest BCUT2D eigenvalue weighted by atomic mass is 10.0. The first-order valence-electron chi connectivity index (χ1n) is 10.2. The van der Waals surface area contributed by atoms with Crippen LogP contribution in [0.2, 0.25) is 0 Å². The molecule has 1 heterocycles. The number of nitrogens with one attached hydrogen (secondary N) is 1. The molecule has 0 saturated heterocycles. The third kappa shape index (κ3) is 4.60. The highest BCUT2D eigenvalue weighted by molar-refractivity contribution is 7.84. The van der Waals surface area contributed by atoms with Gasteiger partial charge in [-0.25, -0.2) is 9.37 Å². The van der Waals surface area contributed by atoms with Crippen molar-refractivity contribution in [2.75, 3.05) is 11.6 Å². The fourth-order valence-electron chi connectivity index (χ4n) is 3.86. The lowest BCUT2D eigenvalue weighted by molar-refractivity contribution is -0.115. The zero-order chi connectivity index (χ0) is 22.8. The molecule has 162 valence electrons. The van der Waals surface area contributed by atoms with Gasteiger partial charge in [-0.05, 0) is 89.7 Å². The van der Waals surface area contributed by atoms with E-state index >= 15 is 0 Å². The quantitative estimate of drug-likeness (QED) is 0.553. The molecule has 3 aromatic rings. The summed E-state index contributed by atoms with van der Waals surface area (Å²) in [6.07, 6.45) is 3.77. The molecule has 32 heavy (non-hydrogen) atoms. The highest BCUT2D eigenvalue weighted by Gasteiger charge is 2.26. The number of anilines is 1. The van der Waals surface area contributed by atoms with Crippen LogP contribution in [0.3, 0.4) is 0 Å². The van der Waals surface area contributed by atoms with Crippen LogP contribution in [0.1, 0.15) is 35.7 Å². The number of amides is 1. The molecule has 0 fully saturated rings. The maximum atomic E-state index is 14.1. The van der Waals surface area contributed by atoms with Gasteiger partial charge in [-0.2, -0.15) is 0 Å². The molecule has 0 radical (unpaired) electrons. The Kier molecular flexibility index (Phi) is 6.15. The van der Waals surface area contributed by atoms with Gasteiger partial charge in [-0.3, -0.25) is 9.00 Å². The van der Waals surface area contributed by atoms with Crippen LogP contribution in [0.25, 0.3) is 17.2 Å². The third-order valence-electron chi connectivity index (χ3n) is 5.47. The molecule has 6 heteroatoms. The molecule has 1 amide bonds. The predicted molar refractivity (Wildman–Crippen MR) is 128 cm³/mol. The van der Waals surface area contributed by atoms with Crippen molar-refractivity contribution in [1.29, 1.82) is 0 Å². The molecule has 0 bridgehead atoms. The molecule has 2 aromatic carbocycles. The minimum atomic E-state index is -1.04. The van der Waals surface area contributed by atoms with E-state index < -0.39 is 10.8 Å².